The molecule has 2 heteroatoms. The van der Waals surface area contributed by atoms with Crippen LogP contribution in [0.3, 0.4) is 0 Å². The Morgan fingerprint density at radius 1 is 1.35 bits per heavy atom. The fourth-order valence-corrected chi connectivity index (χ4v) is 3.23. The molecule has 2 atom stereocenters. The molecule has 2 aliphatic rings. The van der Waals surface area contributed by atoms with Crippen LogP contribution in [0.4, 0.5) is 0 Å². The lowest BCUT2D eigenvalue weighted by atomic mass is 9.83. The van der Waals surface area contributed by atoms with Crippen LogP contribution in [-0.2, 0) is 0 Å². The lowest BCUT2D eigenvalue weighted by molar-refractivity contribution is 0.0380. The topological polar surface area (TPSA) is 15.3 Å². The summed E-state index contributed by atoms with van der Waals surface area (Å²) in [6.07, 6.45) is 5.71. The standard InChI is InChI=1S/C15H30N2/c1-5-12(2)14-9-16-15(3,4)11-17(14)10-13-7-6-8-13/h12-14,16H,5-11H2,1-4H3. The Morgan fingerprint density at radius 2 is 2.06 bits per heavy atom. The van der Waals surface area contributed by atoms with E-state index in [1.54, 1.807) is 0 Å². The van der Waals surface area contributed by atoms with Gasteiger partial charge in [0.25, 0.3) is 0 Å². The zero-order valence-electron chi connectivity index (χ0n) is 12.1. The molecule has 1 saturated heterocycles. The zero-order chi connectivity index (χ0) is 12.5. The van der Waals surface area contributed by atoms with Crippen molar-refractivity contribution < 1.29 is 0 Å². The number of rotatable bonds is 4. The normalized spacial score (nSPS) is 32.1. The molecular weight excluding hydrogens is 208 g/mol. The molecule has 0 radical (unpaired) electrons. The lowest BCUT2D eigenvalue weighted by Gasteiger charge is -2.48. The minimum atomic E-state index is 0.299. The SMILES string of the molecule is CCC(C)C1CNC(C)(C)CN1CC1CCC1. The summed E-state index contributed by atoms with van der Waals surface area (Å²) in [6, 6.07) is 0.758. The van der Waals surface area contributed by atoms with Crippen molar-refractivity contribution >= 4 is 0 Å². The van der Waals surface area contributed by atoms with Gasteiger partial charge < -0.3 is 5.32 Å². The van der Waals surface area contributed by atoms with E-state index in [9.17, 15) is 0 Å². The summed E-state index contributed by atoms with van der Waals surface area (Å²) in [4.78, 5) is 2.79. The Kier molecular flexibility index (Phi) is 4.14. The molecule has 0 aromatic rings. The van der Waals surface area contributed by atoms with Gasteiger partial charge in [-0.15, -0.1) is 0 Å². The number of nitrogens with one attached hydrogen (secondary N) is 1. The molecular formula is C15H30N2. The highest BCUT2D eigenvalue weighted by Crippen LogP contribution is 2.30. The van der Waals surface area contributed by atoms with Gasteiger partial charge >= 0.3 is 0 Å². The molecule has 2 fully saturated rings. The second-order valence-corrected chi connectivity index (χ2v) is 6.94. The van der Waals surface area contributed by atoms with Gasteiger partial charge in [0.1, 0.15) is 0 Å². The van der Waals surface area contributed by atoms with Gasteiger partial charge in [-0.25, -0.2) is 0 Å². The van der Waals surface area contributed by atoms with Crippen molar-refractivity contribution in [3.8, 4) is 0 Å². The lowest BCUT2D eigenvalue weighted by Crippen LogP contribution is -2.63. The Balaban J connectivity index is 1.97. The molecule has 1 aliphatic carbocycles. The first-order valence-electron chi connectivity index (χ1n) is 7.51. The average Bonchev–Trinajstić information content (AvgIpc) is 2.21. The van der Waals surface area contributed by atoms with Gasteiger partial charge in [-0.3, -0.25) is 4.90 Å². The first kappa shape index (κ1) is 13.4. The van der Waals surface area contributed by atoms with Gasteiger partial charge in [-0.05, 0) is 38.5 Å². The maximum atomic E-state index is 3.72. The van der Waals surface area contributed by atoms with Gasteiger partial charge in [0.2, 0.25) is 0 Å². The van der Waals surface area contributed by atoms with E-state index in [1.807, 2.05) is 0 Å². The first-order chi connectivity index (χ1) is 8.02. The van der Waals surface area contributed by atoms with Crippen molar-refractivity contribution in [2.45, 2.75) is 65.0 Å². The summed E-state index contributed by atoms with van der Waals surface area (Å²) in [7, 11) is 0. The van der Waals surface area contributed by atoms with Crippen molar-refractivity contribution in [3.63, 3.8) is 0 Å². The number of hydrogen-bond acceptors (Lipinski definition) is 2. The quantitative estimate of drug-likeness (QED) is 0.810. The summed E-state index contributed by atoms with van der Waals surface area (Å²) in [6.45, 7) is 13.2. The number of nitrogens with zero attached hydrogens (tertiary/aromatic N) is 1. The summed E-state index contributed by atoms with van der Waals surface area (Å²) in [5, 5.41) is 3.72. The van der Waals surface area contributed by atoms with E-state index in [-0.39, 0.29) is 0 Å². The van der Waals surface area contributed by atoms with Crippen LogP contribution >= 0.6 is 0 Å². The Labute approximate surface area is 107 Å². The molecule has 0 amide bonds. The molecule has 1 heterocycles. The smallest absolute Gasteiger partial charge is 0.0252 e. The molecule has 2 rings (SSSR count). The Hall–Kier alpha value is -0.0800. The average molecular weight is 238 g/mol. The van der Waals surface area contributed by atoms with E-state index in [4.69, 9.17) is 0 Å². The van der Waals surface area contributed by atoms with Crippen molar-refractivity contribution in [2.24, 2.45) is 11.8 Å². The van der Waals surface area contributed by atoms with Crippen LogP contribution in [0, 0.1) is 11.8 Å². The van der Waals surface area contributed by atoms with Crippen LogP contribution in [-0.4, -0.2) is 36.1 Å². The molecule has 0 aromatic carbocycles. The van der Waals surface area contributed by atoms with Gasteiger partial charge in [0.15, 0.2) is 0 Å². The van der Waals surface area contributed by atoms with Gasteiger partial charge in [0.05, 0.1) is 0 Å². The summed E-state index contributed by atoms with van der Waals surface area (Å²) in [5.74, 6) is 1.81. The van der Waals surface area contributed by atoms with Crippen LogP contribution in [0.25, 0.3) is 0 Å². The third kappa shape index (κ3) is 3.23. The van der Waals surface area contributed by atoms with E-state index in [2.05, 4.69) is 37.9 Å². The van der Waals surface area contributed by atoms with Crippen molar-refractivity contribution in [3.05, 3.63) is 0 Å². The molecule has 17 heavy (non-hydrogen) atoms. The molecule has 0 bridgehead atoms. The summed E-state index contributed by atoms with van der Waals surface area (Å²) < 4.78 is 0. The maximum Gasteiger partial charge on any atom is 0.0252 e. The molecule has 1 aliphatic heterocycles. The van der Waals surface area contributed by atoms with E-state index in [0.717, 1.165) is 17.9 Å². The highest BCUT2D eigenvalue weighted by molar-refractivity contribution is 4.94. The van der Waals surface area contributed by atoms with Crippen LogP contribution < -0.4 is 5.32 Å². The van der Waals surface area contributed by atoms with Crippen LogP contribution in [0.5, 0.6) is 0 Å². The monoisotopic (exact) mass is 238 g/mol. The maximum absolute atomic E-state index is 3.72. The minimum Gasteiger partial charge on any atom is -0.309 e. The van der Waals surface area contributed by atoms with Crippen molar-refractivity contribution in [1.29, 1.82) is 0 Å². The Bertz CT molecular complexity index is 245. The summed E-state index contributed by atoms with van der Waals surface area (Å²) >= 11 is 0. The number of hydrogen-bond donors (Lipinski definition) is 1. The van der Waals surface area contributed by atoms with Crippen molar-refractivity contribution in [1.82, 2.24) is 10.2 Å². The number of piperazine rings is 1. The zero-order valence-corrected chi connectivity index (χ0v) is 12.1. The molecule has 0 spiro atoms. The van der Waals surface area contributed by atoms with E-state index in [0.29, 0.717) is 5.54 Å². The third-order valence-electron chi connectivity index (χ3n) is 4.88. The fraction of sp³-hybridized carbons (Fsp3) is 1.00. The molecule has 1 N–H and O–H groups in total. The predicted octanol–water partition coefficient (Wildman–Crippen LogP) is 2.89. The first-order valence-corrected chi connectivity index (χ1v) is 7.51. The molecule has 2 unspecified atom stereocenters. The fourth-order valence-electron chi connectivity index (χ4n) is 3.23. The van der Waals surface area contributed by atoms with Crippen LogP contribution in [0.1, 0.15) is 53.4 Å². The highest BCUT2D eigenvalue weighted by atomic mass is 15.3. The second-order valence-electron chi connectivity index (χ2n) is 6.94. The predicted molar refractivity (Wildman–Crippen MR) is 74.2 cm³/mol. The summed E-state index contributed by atoms with van der Waals surface area (Å²) in [5.41, 5.74) is 0.299. The van der Waals surface area contributed by atoms with E-state index >= 15 is 0 Å². The van der Waals surface area contributed by atoms with E-state index in [1.165, 1.54) is 45.3 Å². The van der Waals surface area contributed by atoms with Gasteiger partial charge in [-0.1, -0.05) is 26.7 Å². The molecule has 100 valence electrons. The van der Waals surface area contributed by atoms with Crippen molar-refractivity contribution in [2.75, 3.05) is 19.6 Å². The van der Waals surface area contributed by atoms with E-state index < -0.39 is 0 Å². The van der Waals surface area contributed by atoms with Crippen LogP contribution in [0.2, 0.25) is 0 Å². The van der Waals surface area contributed by atoms with Gasteiger partial charge in [0, 0.05) is 31.2 Å². The van der Waals surface area contributed by atoms with Crippen LogP contribution in [0.15, 0.2) is 0 Å². The largest absolute Gasteiger partial charge is 0.309 e. The molecule has 2 nitrogen and oxygen atoms in total. The third-order valence-corrected chi connectivity index (χ3v) is 4.88. The van der Waals surface area contributed by atoms with Gasteiger partial charge in [-0.2, -0.15) is 0 Å². The molecule has 1 saturated carbocycles. The Morgan fingerprint density at radius 3 is 2.59 bits per heavy atom. The highest BCUT2D eigenvalue weighted by Gasteiger charge is 2.36. The molecule has 0 aromatic heterocycles. The second kappa shape index (κ2) is 5.27. The minimum absolute atomic E-state index is 0.299.